The van der Waals surface area contributed by atoms with Gasteiger partial charge in [-0.3, -0.25) is 9.59 Å². The molecule has 2 aromatic carbocycles. The van der Waals surface area contributed by atoms with Gasteiger partial charge in [0, 0.05) is 35.5 Å². The van der Waals surface area contributed by atoms with Gasteiger partial charge in [-0.25, -0.2) is 0 Å². The van der Waals surface area contributed by atoms with E-state index in [1.165, 1.54) is 4.21 Å². The quantitative estimate of drug-likeness (QED) is 0.276. The maximum absolute atomic E-state index is 13.1. The molecule has 0 fully saturated rings. The van der Waals surface area contributed by atoms with E-state index in [0.29, 0.717) is 24.6 Å². The first-order chi connectivity index (χ1) is 16.7. The molecule has 1 amide bonds. The average molecular weight is 487 g/mol. The molecule has 3 heterocycles. The summed E-state index contributed by atoms with van der Waals surface area (Å²) in [4.78, 5) is 25.0. The average Bonchev–Trinajstić information content (AvgIpc) is 3.51. The second kappa shape index (κ2) is 10.2. The monoisotopic (exact) mass is 486 g/mol. The number of para-hydroxylation sites is 1. The summed E-state index contributed by atoms with van der Waals surface area (Å²) in [6, 6.07) is 24.9. The lowest BCUT2D eigenvalue weighted by molar-refractivity contribution is 0.0924. The Balaban J connectivity index is 1.28. The Kier molecular flexibility index (Phi) is 6.65. The molecular weight excluding hydrogens is 464 g/mol. The van der Waals surface area contributed by atoms with Gasteiger partial charge in [0.2, 0.25) is 0 Å². The van der Waals surface area contributed by atoms with Gasteiger partial charge < -0.3 is 14.3 Å². The Labute approximate surface area is 205 Å². The van der Waals surface area contributed by atoms with Gasteiger partial charge in [-0.15, -0.1) is 23.1 Å². The van der Waals surface area contributed by atoms with E-state index < -0.39 is 0 Å². The molecule has 0 bridgehead atoms. The van der Waals surface area contributed by atoms with E-state index in [1.54, 1.807) is 46.0 Å². The molecule has 0 aliphatic rings. The standard InChI is InChI=1S/C27H22N2O3S2/c30-24-8-3-4-14-29(24)17-20-12-10-19(11-13-20)16-28-27(31)26-22(18-34-25-9-5-15-33-25)21-6-1-2-7-23(21)32-26/h1-15H,16-18H2,(H,28,31). The maximum atomic E-state index is 13.1. The summed E-state index contributed by atoms with van der Waals surface area (Å²) in [5, 5.41) is 6.01. The lowest BCUT2D eigenvalue weighted by Gasteiger charge is -2.08. The summed E-state index contributed by atoms with van der Waals surface area (Å²) in [6.45, 7) is 0.898. The SMILES string of the molecule is O=C(NCc1ccc(Cn2ccccc2=O)cc1)c1oc2ccccc2c1CSc1cccs1. The smallest absolute Gasteiger partial charge is 0.287 e. The number of pyridine rings is 1. The highest BCUT2D eigenvalue weighted by Crippen LogP contribution is 2.33. The van der Waals surface area contributed by atoms with Gasteiger partial charge in [-0.05, 0) is 34.7 Å². The molecule has 34 heavy (non-hydrogen) atoms. The van der Waals surface area contributed by atoms with Gasteiger partial charge in [0.05, 0.1) is 10.8 Å². The number of hydrogen-bond acceptors (Lipinski definition) is 5. The van der Waals surface area contributed by atoms with Crippen LogP contribution in [0.15, 0.2) is 104 Å². The van der Waals surface area contributed by atoms with Crippen molar-refractivity contribution in [2.75, 3.05) is 0 Å². The minimum absolute atomic E-state index is 0.0299. The molecule has 0 unspecified atom stereocenters. The van der Waals surface area contributed by atoms with E-state index in [2.05, 4.69) is 11.4 Å². The number of furan rings is 1. The normalized spacial score (nSPS) is 11.1. The van der Waals surface area contributed by atoms with Crippen molar-refractivity contribution in [1.29, 1.82) is 0 Å². The van der Waals surface area contributed by atoms with Crippen molar-refractivity contribution in [3.63, 3.8) is 0 Å². The number of fused-ring (bicyclic) bond motifs is 1. The molecule has 0 aliphatic carbocycles. The minimum atomic E-state index is -0.224. The molecular formula is C27H22N2O3S2. The van der Waals surface area contributed by atoms with E-state index >= 15 is 0 Å². The fraction of sp³-hybridized carbons (Fsp3) is 0.111. The molecule has 0 radical (unpaired) electrons. The highest BCUT2D eigenvalue weighted by atomic mass is 32.2. The van der Waals surface area contributed by atoms with E-state index in [-0.39, 0.29) is 11.5 Å². The fourth-order valence-corrected chi connectivity index (χ4v) is 5.54. The summed E-state index contributed by atoms with van der Waals surface area (Å²) in [7, 11) is 0. The third kappa shape index (κ3) is 5.00. The lowest BCUT2D eigenvalue weighted by Crippen LogP contribution is -2.23. The van der Waals surface area contributed by atoms with Crippen LogP contribution in [0.4, 0.5) is 0 Å². The number of benzene rings is 2. The van der Waals surface area contributed by atoms with Crippen LogP contribution >= 0.6 is 23.1 Å². The Morgan fingerprint density at radius 2 is 1.74 bits per heavy atom. The maximum Gasteiger partial charge on any atom is 0.287 e. The summed E-state index contributed by atoms with van der Waals surface area (Å²) in [5.41, 5.74) is 3.60. The number of nitrogens with zero attached hydrogens (tertiary/aromatic N) is 1. The second-order valence-electron chi connectivity index (χ2n) is 7.79. The summed E-state index contributed by atoms with van der Waals surface area (Å²) >= 11 is 3.39. The molecule has 0 aliphatic heterocycles. The summed E-state index contributed by atoms with van der Waals surface area (Å²) < 4.78 is 8.83. The largest absolute Gasteiger partial charge is 0.451 e. The Bertz CT molecular complexity index is 1470. The van der Waals surface area contributed by atoms with Gasteiger partial charge in [-0.1, -0.05) is 54.6 Å². The topological polar surface area (TPSA) is 64.2 Å². The molecule has 0 spiro atoms. The van der Waals surface area contributed by atoms with Crippen molar-refractivity contribution >= 4 is 40.0 Å². The zero-order valence-corrected chi connectivity index (χ0v) is 19.9. The van der Waals surface area contributed by atoms with Gasteiger partial charge >= 0.3 is 0 Å². The molecule has 0 saturated heterocycles. The third-order valence-electron chi connectivity index (χ3n) is 5.49. The number of carbonyl (C=O) groups is 1. The van der Waals surface area contributed by atoms with Crippen LogP contribution in [-0.2, 0) is 18.8 Å². The first kappa shape index (κ1) is 22.3. The molecule has 170 valence electrons. The number of nitrogens with one attached hydrogen (secondary N) is 1. The van der Waals surface area contributed by atoms with Crippen molar-refractivity contribution in [2.24, 2.45) is 0 Å². The van der Waals surface area contributed by atoms with Crippen LogP contribution < -0.4 is 10.9 Å². The molecule has 7 heteroatoms. The van der Waals surface area contributed by atoms with E-state index in [1.807, 2.05) is 66.0 Å². The number of thiophene rings is 1. The van der Waals surface area contributed by atoms with Gasteiger partial charge in [-0.2, -0.15) is 0 Å². The predicted octanol–water partition coefficient (Wildman–Crippen LogP) is 5.93. The zero-order chi connectivity index (χ0) is 23.3. The fourth-order valence-electron chi connectivity index (χ4n) is 3.73. The number of carbonyl (C=O) groups excluding carboxylic acids is 1. The number of hydrogen-bond donors (Lipinski definition) is 1. The molecule has 5 aromatic rings. The third-order valence-corrected chi connectivity index (χ3v) is 7.64. The van der Waals surface area contributed by atoms with Crippen molar-refractivity contribution < 1.29 is 9.21 Å². The van der Waals surface area contributed by atoms with Crippen molar-refractivity contribution in [3.8, 4) is 0 Å². The van der Waals surface area contributed by atoms with Gasteiger partial charge in [0.15, 0.2) is 5.76 Å². The van der Waals surface area contributed by atoms with Gasteiger partial charge in [0.25, 0.3) is 11.5 Å². The van der Waals surface area contributed by atoms with E-state index in [4.69, 9.17) is 4.42 Å². The first-order valence-corrected chi connectivity index (χ1v) is 12.7. The summed E-state index contributed by atoms with van der Waals surface area (Å²) in [5.74, 6) is 0.802. The molecule has 1 N–H and O–H groups in total. The summed E-state index contributed by atoms with van der Waals surface area (Å²) in [6.07, 6.45) is 1.78. The minimum Gasteiger partial charge on any atom is -0.451 e. The van der Waals surface area contributed by atoms with Crippen molar-refractivity contribution in [3.05, 3.63) is 123 Å². The zero-order valence-electron chi connectivity index (χ0n) is 18.3. The molecule has 5 rings (SSSR count). The molecule has 0 atom stereocenters. The Morgan fingerprint density at radius 3 is 2.53 bits per heavy atom. The first-order valence-electron chi connectivity index (χ1n) is 10.9. The van der Waals surface area contributed by atoms with Crippen LogP contribution in [-0.4, -0.2) is 10.5 Å². The predicted molar refractivity (Wildman–Crippen MR) is 138 cm³/mol. The number of thioether (sulfide) groups is 1. The Morgan fingerprint density at radius 1 is 0.941 bits per heavy atom. The highest BCUT2D eigenvalue weighted by molar-refractivity contribution is 8.00. The molecule has 3 aromatic heterocycles. The van der Waals surface area contributed by atoms with E-state index in [9.17, 15) is 9.59 Å². The van der Waals surface area contributed by atoms with Crippen LogP contribution in [0.25, 0.3) is 11.0 Å². The van der Waals surface area contributed by atoms with Crippen LogP contribution in [0.3, 0.4) is 0 Å². The van der Waals surface area contributed by atoms with Crippen LogP contribution in [0, 0.1) is 0 Å². The van der Waals surface area contributed by atoms with Crippen molar-refractivity contribution in [2.45, 2.75) is 23.1 Å². The van der Waals surface area contributed by atoms with Gasteiger partial charge in [0.1, 0.15) is 5.58 Å². The molecule has 0 saturated carbocycles. The van der Waals surface area contributed by atoms with Crippen LogP contribution in [0.1, 0.15) is 27.2 Å². The van der Waals surface area contributed by atoms with Crippen LogP contribution in [0.2, 0.25) is 0 Å². The number of amides is 1. The highest BCUT2D eigenvalue weighted by Gasteiger charge is 2.20. The Hall–Kier alpha value is -3.55. The second-order valence-corrected chi connectivity index (χ2v) is 10.0. The van der Waals surface area contributed by atoms with Crippen molar-refractivity contribution in [1.82, 2.24) is 9.88 Å². The number of rotatable bonds is 8. The lowest BCUT2D eigenvalue weighted by atomic mass is 10.1. The molecule has 5 nitrogen and oxygen atoms in total. The number of aromatic nitrogens is 1. The van der Waals surface area contributed by atoms with E-state index in [0.717, 1.165) is 27.7 Å². The van der Waals surface area contributed by atoms with Crippen LogP contribution in [0.5, 0.6) is 0 Å².